The maximum absolute atomic E-state index is 7.30. The second-order valence-corrected chi connectivity index (χ2v) is 18.7. The molecule has 1 fully saturated rings. The van der Waals surface area contributed by atoms with E-state index in [1.54, 1.807) is 16.7 Å². The van der Waals surface area contributed by atoms with Gasteiger partial charge < -0.3 is 11.5 Å². The number of hydrogen-bond acceptors (Lipinski definition) is 2. The van der Waals surface area contributed by atoms with E-state index in [0.29, 0.717) is 35.5 Å². The van der Waals surface area contributed by atoms with Gasteiger partial charge in [0, 0.05) is 41.3 Å². The fraction of sp³-hybridized carbons (Fsp3) is 0.379. The van der Waals surface area contributed by atoms with Gasteiger partial charge in [0.15, 0.2) is 0 Å². The second-order valence-electron chi connectivity index (χ2n) is 18.7. The summed E-state index contributed by atoms with van der Waals surface area (Å²) >= 11 is 0. The Kier molecular flexibility index (Phi) is 10.6. The Balaban J connectivity index is 1.21. The highest BCUT2D eigenvalue weighted by Gasteiger charge is 2.49. The summed E-state index contributed by atoms with van der Waals surface area (Å²) in [6, 6.07) is 0.107. The Labute approximate surface area is 360 Å². The lowest BCUT2D eigenvalue weighted by Crippen LogP contribution is -2.41. The second kappa shape index (κ2) is 16.2. The summed E-state index contributed by atoms with van der Waals surface area (Å²) in [7, 11) is 0. The van der Waals surface area contributed by atoms with Gasteiger partial charge in [-0.1, -0.05) is 134 Å². The van der Waals surface area contributed by atoms with Gasteiger partial charge in [-0.05, 0) is 175 Å². The predicted octanol–water partition coefficient (Wildman–Crippen LogP) is 13.7. The molecule has 0 bridgehead atoms. The molecule has 306 valence electrons. The minimum absolute atomic E-state index is 0.107. The normalized spacial score (nSPS) is 32.9. The molecule has 0 aromatic carbocycles. The van der Waals surface area contributed by atoms with Crippen LogP contribution in [0.2, 0.25) is 0 Å². The van der Waals surface area contributed by atoms with Crippen LogP contribution in [-0.4, -0.2) is 6.04 Å². The number of fused-ring (bicyclic) bond motifs is 6. The van der Waals surface area contributed by atoms with Gasteiger partial charge in [-0.3, -0.25) is 0 Å². The van der Waals surface area contributed by atoms with Crippen LogP contribution >= 0.6 is 0 Å². The summed E-state index contributed by atoms with van der Waals surface area (Å²) < 4.78 is 0. The molecule has 60 heavy (non-hydrogen) atoms. The van der Waals surface area contributed by atoms with E-state index < -0.39 is 0 Å². The first-order chi connectivity index (χ1) is 29.4. The van der Waals surface area contributed by atoms with Crippen molar-refractivity contribution in [2.24, 2.45) is 47.0 Å². The van der Waals surface area contributed by atoms with E-state index in [2.05, 4.69) is 130 Å². The summed E-state index contributed by atoms with van der Waals surface area (Å²) in [5.41, 5.74) is 38.7. The summed E-state index contributed by atoms with van der Waals surface area (Å²) in [5, 5.41) is 0. The molecule has 2 heteroatoms. The third-order valence-electron chi connectivity index (χ3n) is 15.7. The molecule has 10 aliphatic carbocycles. The lowest BCUT2D eigenvalue weighted by Gasteiger charge is -2.47. The van der Waals surface area contributed by atoms with Gasteiger partial charge in [-0.15, -0.1) is 0 Å². The van der Waals surface area contributed by atoms with Crippen LogP contribution in [-0.2, 0) is 0 Å². The van der Waals surface area contributed by atoms with Crippen LogP contribution in [0.25, 0.3) is 0 Å². The van der Waals surface area contributed by atoms with Crippen molar-refractivity contribution in [2.75, 3.05) is 0 Å². The molecule has 0 aromatic rings. The Morgan fingerprint density at radius 2 is 1.62 bits per heavy atom. The zero-order valence-corrected chi connectivity index (χ0v) is 36.3. The molecule has 0 aromatic heterocycles. The van der Waals surface area contributed by atoms with Crippen molar-refractivity contribution < 1.29 is 0 Å². The lowest BCUT2D eigenvalue weighted by molar-refractivity contribution is 0.402. The van der Waals surface area contributed by atoms with Gasteiger partial charge in [-0.25, -0.2) is 0 Å². The Bertz CT molecular complexity index is 2460. The summed E-state index contributed by atoms with van der Waals surface area (Å²) in [4.78, 5) is 0. The highest BCUT2D eigenvalue weighted by Crippen LogP contribution is 2.62. The predicted molar refractivity (Wildman–Crippen MR) is 253 cm³/mol. The fourth-order valence-corrected chi connectivity index (χ4v) is 13.0. The smallest absolute Gasteiger partial charge is 0.0419 e. The molecule has 0 radical (unpaired) electrons. The molecule has 0 aliphatic heterocycles. The largest absolute Gasteiger partial charge is 0.398 e. The molecule has 0 spiro atoms. The molecule has 2 nitrogen and oxygen atoms in total. The summed E-state index contributed by atoms with van der Waals surface area (Å²) in [6.07, 6.45) is 56.1. The molecule has 10 rings (SSSR count). The van der Waals surface area contributed by atoms with E-state index in [1.165, 1.54) is 78.9 Å². The van der Waals surface area contributed by atoms with Gasteiger partial charge in [-0.2, -0.15) is 0 Å². The first-order valence-corrected chi connectivity index (χ1v) is 23.5. The van der Waals surface area contributed by atoms with Crippen molar-refractivity contribution in [1.29, 1.82) is 0 Å². The van der Waals surface area contributed by atoms with Gasteiger partial charge in [0.2, 0.25) is 0 Å². The lowest BCUT2D eigenvalue weighted by atomic mass is 9.57. The molecule has 5 unspecified atom stereocenters. The Hall–Kier alpha value is -4.92. The van der Waals surface area contributed by atoms with Gasteiger partial charge in [0.1, 0.15) is 0 Å². The van der Waals surface area contributed by atoms with Crippen molar-refractivity contribution in [3.05, 3.63) is 211 Å². The topological polar surface area (TPSA) is 52.0 Å². The Morgan fingerprint density at radius 3 is 2.40 bits per heavy atom. The molecular formula is C58H64N2. The zero-order chi connectivity index (χ0) is 41.1. The number of rotatable bonds is 7. The van der Waals surface area contributed by atoms with Crippen molar-refractivity contribution in [1.82, 2.24) is 0 Å². The molecule has 7 atom stereocenters. The van der Waals surface area contributed by atoms with Gasteiger partial charge in [0.05, 0.1) is 0 Å². The average molecular weight is 789 g/mol. The monoisotopic (exact) mass is 789 g/mol. The van der Waals surface area contributed by atoms with Crippen molar-refractivity contribution in [3.8, 4) is 0 Å². The first kappa shape index (κ1) is 39.2. The first-order valence-electron chi connectivity index (χ1n) is 23.5. The molecule has 0 heterocycles. The van der Waals surface area contributed by atoms with Crippen molar-refractivity contribution >= 4 is 0 Å². The maximum Gasteiger partial charge on any atom is 0.0419 e. The van der Waals surface area contributed by atoms with Crippen LogP contribution in [0.1, 0.15) is 97.8 Å². The highest BCUT2D eigenvalue weighted by atomic mass is 14.7. The Morgan fingerprint density at radius 1 is 0.833 bits per heavy atom. The highest BCUT2D eigenvalue weighted by molar-refractivity contribution is 5.76. The number of nitrogens with two attached hydrogens (primary N) is 2. The molecular weight excluding hydrogens is 725 g/mol. The van der Waals surface area contributed by atoms with E-state index in [0.717, 1.165) is 76.3 Å². The van der Waals surface area contributed by atoms with Crippen LogP contribution in [0.3, 0.4) is 0 Å². The SMILES string of the molecule is C=C1C2=CC3=C(C[C@H]2C2=C[C@H]4C=CC=CC4C(/C=C\C)=C12)C(C1=C2C=CCCC2C(N)C2=C1C=CCC2)C1CCC=CC1=C3C/C(CC)=C(/C=C\C)C(\N)=C1\C=CCCC1. The molecule has 1 saturated carbocycles. The number of allylic oxidation sites excluding steroid dienone is 31. The fourth-order valence-electron chi connectivity index (χ4n) is 13.0. The third kappa shape index (κ3) is 6.31. The average Bonchev–Trinajstić information content (AvgIpc) is 3.56. The van der Waals surface area contributed by atoms with Crippen LogP contribution < -0.4 is 11.5 Å². The van der Waals surface area contributed by atoms with Crippen molar-refractivity contribution in [2.45, 2.75) is 104 Å². The third-order valence-corrected chi connectivity index (χ3v) is 15.7. The quantitative estimate of drug-likeness (QED) is 0.253. The van der Waals surface area contributed by atoms with E-state index in [9.17, 15) is 0 Å². The van der Waals surface area contributed by atoms with Crippen molar-refractivity contribution in [3.63, 3.8) is 0 Å². The van der Waals surface area contributed by atoms with E-state index in [4.69, 9.17) is 18.0 Å². The van der Waals surface area contributed by atoms with Crippen LogP contribution in [0, 0.1) is 35.5 Å². The molecule has 4 N–H and O–H groups in total. The van der Waals surface area contributed by atoms with Crippen LogP contribution in [0.5, 0.6) is 0 Å². The van der Waals surface area contributed by atoms with E-state index in [-0.39, 0.29) is 6.04 Å². The number of hydrogen-bond donors (Lipinski definition) is 2. The van der Waals surface area contributed by atoms with Gasteiger partial charge >= 0.3 is 0 Å². The van der Waals surface area contributed by atoms with E-state index in [1.807, 2.05) is 0 Å². The standard InChI is InChI=1S/C58H64N2/c1-5-19-40(57(59)37-21-9-8-10-22-37)36(7-3)31-49-41-25-13-14-26-43(41)56(55-44-27-15-17-29-46(44)58(60)47-30-18-16-28-45(47)55)53-34-50-48(33-51(49)53)35(4)54-42(20-6-2)39-24-12-11-23-38(39)32-52(50)54/h5-6,9,11-13,15-16,19-21,23-25,27-28,32-33,38-39,43,46,50,56,58H,4,7-8,10,14,17-18,22,26,29-31,34,59-60H2,1-3H3/b19-5-,20-6-,40-36-,57-37+/t38-,39?,43?,46?,50-,56?,58?/m1/s1. The van der Waals surface area contributed by atoms with E-state index >= 15 is 0 Å². The summed E-state index contributed by atoms with van der Waals surface area (Å²) in [5.74, 6) is 2.12. The summed E-state index contributed by atoms with van der Waals surface area (Å²) in [6.45, 7) is 11.6. The minimum atomic E-state index is 0.107. The zero-order valence-electron chi connectivity index (χ0n) is 36.3. The minimum Gasteiger partial charge on any atom is -0.398 e. The molecule has 0 amide bonds. The van der Waals surface area contributed by atoms with Crippen LogP contribution in [0.4, 0.5) is 0 Å². The van der Waals surface area contributed by atoms with Crippen LogP contribution in [0.15, 0.2) is 211 Å². The maximum atomic E-state index is 7.30. The van der Waals surface area contributed by atoms with Gasteiger partial charge in [0.25, 0.3) is 0 Å². The molecule has 10 aliphatic rings. The molecule has 0 saturated heterocycles.